The molecule has 2 N–H and O–H groups in total. The Kier molecular flexibility index (Phi) is 4.48. The van der Waals surface area contributed by atoms with Gasteiger partial charge in [0.1, 0.15) is 11.3 Å². The summed E-state index contributed by atoms with van der Waals surface area (Å²) in [5.41, 5.74) is 2.29. The van der Waals surface area contributed by atoms with Crippen LogP contribution in [0.1, 0.15) is 41.5 Å². The molecule has 4 aromatic heterocycles. The third-order valence-electron chi connectivity index (χ3n) is 6.11. The van der Waals surface area contributed by atoms with Gasteiger partial charge in [-0.3, -0.25) is 19.3 Å². The maximum absolute atomic E-state index is 12.4. The van der Waals surface area contributed by atoms with Crippen LogP contribution < -0.4 is 10.2 Å². The van der Waals surface area contributed by atoms with Gasteiger partial charge in [-0.25, -0.2) is 0 Å². The lowest BCUT2D eigenvalue weighted by Gasteiger charge is -2.30. The second-order valence-corrected chi connectivity index (χ2v) is 8.13. The molecule has 32 heavy (non-hydrogen) atoms. The molecule has 0 spiro atoms. The molecule has 0 radical (unpaired) electrons. The van der Waals surface area contributed by atoms with Crippen molar-refractivity contribution in [3.05, 3.63) is 60.2 Å². The van der Waals surface area contributed by atoms with E-state index in [0.29, 0.717) is 23.4 Å². The minimum atomic E-state index is -0.0263. The molecule has 6 rings (SSSR count). The molecule has 2 aliphatic heterocycles. The summed E-state index contributed by atoms with van der Waals surface area (Å²) >= 11 is 0. The van der Waals surface area contributed by atoms with Crippen molar-refractivity contribution in [2.24, 2.45) is 0 Å². The molecule has 2 aliphatic rings. The Morgan fingerprint density at radius 1 is 1.09 bits per heavy atom. The third kappa shape index (κ3) is 3.24. The van der Waals surface area contributed by atoms with Gasteiger partial charge < -0.3 is 15.1 Å². The van der Waals surface area contributed by atoms with Crippen LogP contribution in [-0.2, 0) is 0 Å². The smallest absolute Gasteiger partial charge is 0.271 e. The van der Waals surface area contributed by atoms with Crippen LogP contribution in [0.4, 0.5) is 17.7 Å². The number of carbonyl (C=O) groups is 1. The number of anilines is 3. The van der Waals surface area contributed by atoms with Crippen molar-refractivity contribution in [2.75, 3.05) is 29.9 Å². The van der Waals surface area contributed by atoms with Gasteiger partial charge >= 0.3 is 0 Å². The Balaban J connectivity index is 1.31. The Bertz CT molecular complexity index is 1260. The van der Waals surface area contributed by atoms with Gasteiger partial charge in [0.25, 0.3) is 5.91 Å². The lowest BCUT2D eigenvalue weighted by Crippen LogP contribution is -2.42. The number of hydrogen-bond acceptors (Lipinski definition) is 7. The van der Waals surface area contributed by atoms with Crippen LogP contribution in [0.5, 0.6) is 0 Å². The minimum absolute atomic E-state index is 0.0263. The monoisotopic (exact) mass is 429 g/mol. The quantitative estimate of drug-likeness (QED) is 0.502. The van der Waals surface area contributed by atoms with Crippen molar-refractivity contribution in [2.45, 2.75) is 25.3 Å². The number of carbonyl (C=O) groups excluding carboxylic acids is 1. The summed E-state index contributed by atoms with van der Waals surface area (Å²) in [5, 5.41) is 10.4. The molecule has 4 aromatic rings. The summed E-state index contributed by atoms with van der Waals surface area (Å²) in [4.78, 5) is 30.6. The van der Waals surface area contributed by atoms with Crippen LogP contribution in [0.3, 0.4) is 0 Å². The number of likely N-dealkylation sites (tertiary alicyclic amines) is 1. The number of nitrogens with one attached hydrogen (secondary N) is 2. The molecular formula is C22H23N9O. The molecule has 10 heteroatoms. The number of fused-ring (bicyclic) bond motifs is 1. The molecule has 1 unspecified atom stereocenters. The van der Waals surface area contributed by atoms with Crippen molar-refractivity contribution in [3.63, 3.8) is 0 Å². The van der Waals surface area contributed by atoms with Crippen LogP contribution in [0.15, 0.2) is 48.8 Å². The number of pyridine rings is 1. The maximum Gasteiger partial charge on any atom is 0.271 e. The summed E-state index contributed by atoms with van der Waals surface area (Å²) in [6.07, 6.45) is 6.85. The fourth-order valence-electron chi connectivity index (χ4n) is 4.32. The third-order valence-corrected chi connectivity index (χ3v) is 6.11. The van der Waals surface area contributed by atoms with Gasteiger partial charge in [-0.2, -0.15) is 15.1 Å². The minimum Gasteiger partial charge on any atom is -0.337 e. The van der Waals surface area contributed by atoms with Gasteiger partial charge in [-0.1, -0.05) is 6.07 Å². The number of H-pyrrole nitrogens is 1. The molecule has 1 amide bonds. The number of nitrogens with zero attached hydrogens (tertiary/aromatic N) is 7. The summed E-state index contributed by atoms with van der Waals surface area (Å²) in [5.74, 6) is 1.76. The molecule has 6 heterocycles. The van der Waals surface area contributed by atoms with E-state index >= 15 is 0 Å². The van der Waals surface area contributed by atoms with Crippen molar-refractivity contribution in [1.82, 2.24) is 34.4 Å². The zero-order chi connectivity index (χ0) is 21.5. The number of aromatic amines is 1. The van der Waals surface area contributed by atoms with E-state index < -0.39 is 0 Å². The lowest BCUT2D eigenvalue weighted by molar-refractivity contribution is 0.0645. The molecule has 0 aliphatic carbocycles. The molecular weight excluding hydrogens is 406 g/mol. The summed E-state index contributed by atoms with van der Waals surface area (Å²) in [6, 6.07) is 11.8. The van der Waals surface area contributed by atoms with Crippen LogP contribution >= 0.6 is 0 Å². The number of rotatable bonds is 5. The average molecular weight is 429 g/mol. The van der Waals surface area contributed by atoms with Gasteiger partial charge in [0.05, 0.1) is 11.7 Å². The first-order valence-corrected chi connectivity index (χ1v) is 10.9. The predicted octanol–water partition coefficient (Wildman–Crippen LogP) is 2.78. The highest BCUT2D eigenvalue weighted by molar-refractivity contribution is 5.93. The van der Waals surface area contributed by atoms with Crippen LogP contribution in [-0.4, -0.2) is 60.0 Å². The van der Waals surface area contributed by atoms with E-state index in [-0.39, 0.29) is 11.9 Å². The molecule has 0 aromatic carbocycles. The van der Waals surface area contributed by atoms with E-state index in [0.717, 1.165) is 50.2 Å². The Morgan fingerprint density at radius 2 is 2.03 bits per heavy atom. The number of amides is 1. The summed E-state index contributed by atoms with van der Waals surface area (Å²) < 4.78 is 1.88. The lowest BCUT2D eigenvalue weighted by atomic mass is 10.1. The average Bonchev–Trinajstić information content (AvgIpc) is 3.53. The van der Waals surface area contributed by atoms with Gasteiger partial charge in [0, 0.05) is 38.1 Å². The zero-order valence-electron chi connectivity index (χ0n) is 17.5. The van der Waals surface area contributed by atoms with E-state index in [4.69, 9.17) is 9.97 Å². The predicted molar refractivity (Wildman–Crippen MR) is 119 cm³/mol. The maximum atomic E-state index is 12.4. The van der Waals surface area contributed by atoms with Gasteiger partial charge in [-0.15, -0.1) is 0 Å². The zero-order valence-corrected chi connectivity index (χ0v) is 17.5. The molecule has 0 saturated carbocycles. The van der Waals surface area contributed by atoms with E-state index in [9.17, 15) is 4.79 Å². The van der Waals surface area contributed by atoms with Gasteiger partial charge in [0.2, 0.25) is 11.9 Å². The molecule has 0 bridgehead atoms. The SMILES string of the molecule is O=C(c1cc(Nc2nc(N3CCCC3c3ccccn3)nc3cccn23)n[nH]1)N1CCC1. The highest BCUT2D eigenvalue weighted by atomic mass is 16.2. The first-order valence-electron chi connectivity index (χ1n) is 10.9. The molecule has 2 fully saturated rings. The molecule has 2 saturated heterocycles. The first-order chi connectivity index (χ1) is 15.8. The van der Waals surface area contributed by atoms with Crippen molar-refractivity contribution >= 4 is 29.3 Å². The van der Waals surface area contributed by atoms with E-state index in [1.54, 1.807) is 11.0 Å². The highest BCUT2D eigenvalue weighted by Gasteiger charge is 2.30. The largest absolute Gasteiger partial charge is 0.337 e. The topological polar surface area (TPSA) is 107 Å². The van der Waals surface area contributed by atoms with Gasteiger partial charge in [0.15, 0.2) is 5.82 Å². The fraction of sp³-hybridized carbons (Fsp3) is 0.318. The van der Waals surface area contributed by atoms with Crippen LogP contribution in [0, 0.1) is 0 Å². The summed E-state index contributed by atoms with van der Waals surface area (Å²) in [7, 11) is 0. The van der Waals surface area contributed by atoms with E-state index in [2.05, 4.69) is 31.5 Å². The van der Waals surface area contributed by atoms with E-state index in [1.807, 2.05) is 41.1 Å². The second kappa shape index (κ2) is 7.63. The highest BCUT2D eigenvalue weighted by Crippen LogP contribution is 2.34. The first kappa shape index (κ1) is 18.8. The summed E-state index contributed by atoms with van der Waals surface area (Å²) in [6.45, 7) is 2.47. The Morgan fingerprint density at radius 3 is 2.84 bits per heavy atom. The number of hydrogen-bond donors (Lipinski definition) is 2. The second-order valence-electron chi connectivity index (χ2n) is 8.13. The van der Waals surface area contributed by atoms with Crippen molar-refractivity contribution in [3.8, 4) is 0 Å². The molecule has 162 valence electrons. The molecule has 1 atom stereocenters. The standard InChI is InChI=1S/C22H23N9O/c32-20(29-10-5-11-29)16-14-18(28-27-16)24-21-26-22(25-19-8-4-13-31(19)21)30-12-3-7-17(30)15-6-1-2-9-23-15/h1-2,4,6,8-9,13-14,17H,3,5,7,10-12H2,(H2,24,25,26,27,28). The fourth-order valence-corrected chi connectivity index (χ4v) is 4.32. The van der Waals surface area contributed by atoms with E-state index in [1.165, 1.54) is 0 Å². The van der Waals surface area contributed by atoms with Crippen LogP contribution in [0.2, 0.25) is 0 Å². The normalized spacial score (nSPS) is 18.2. The Hall–Kier alpha value is -3.95. The van der Waals surface area contributed by atoms with Crippen LogP contribution in [0.25, 0.3) is 5.65 Å². The van der Waals surface area contributed by atoms with Gasteiger partial charge in [-0.05, 0) is 43.5 Å². The number of aromatic nitrogens is 6. The Labute approximate surface area is 184 Å². The van der Waals surface area contributed by atoms with Crippen molar-refractivity contribution < 1.29 is 4.79 Å². The van der Waals surface area contributed by atoms with Crippen molar-refractivity contribution in [1.29, 1.82) is 0 Å². The molecule has 10 nitrogen and oxygen atoms in total.